The van der Waals surface area contributed by atoms with Crippen molar-refractivity contribution in [2.75, 3.05) is 70.4 Å². The third-order valence-corrected chi connectivity index (χ3v) is 25.2. The third-order valence-electron chi connectivity index (χ3n) is 22.8. The van der Waals surface area contributed by atoms with E-state index in [0.29, 0.717) is 53.3 Å². The molecule has 2 saturated heterocycles. The van der Waals surface area contributed by atoms with Crippen LogP contribution in [0.4, 0.5) is 0 Å². The average Bonchev–Trinajstić information content (AvgIpc) is 1.67. The Labute approximate surface area is 809 Å². The summed E-state index contributed by atoms with van der Waals surface area (Å²) in [5.74, 6) is -17.5. The number of benzene rings is 3. The second-order valence-electron chi connectivity index (χ2n) is 34.4. The average molecular weight is 1970 g/mol. The van der Waals surface area contributed by atoms with Crippen LogP contribution in [0.15, 0.2) is 95.0 Å². The van der Waals surface area contributed by atoms with Gasteiger partial charge in [0.1, 0.15) is 96.9 Å². The van der Waals surface area contributed by atoms with Gasteiger partial charge in [-0.05, 0) is 196 Å². The molecule has 0 saturated carbocycles. The number of nitrogens with two attached hydrogens (primary N) is 9. The predicted octanol–water partition coefficient (Wildman–Crippen LogP) is -5.20. The molecule has 15 atom stereocenters. The van der Waals surface area contributed by atoms with Gasteiger partial charge in [-0.2, -0.15) is 0 Å². The number of phenolic OH excluding ortho intramolecular Hbond substituents is 1. The maximum atomic E-state index is 15.5. The van der Waals surface area contributed by atoms with Crippen molar-refractivity contribution in [2.45, 2.75) is 253 Å². The van der Waals surface area contributed by atoms with Gasteiger partial charge in [0.25, 0.3) is 0 Å². The van der Waals surface area contributed by atoms with E-state index in [9.17, 15) is 48.9 Å². The van der Waals surface area contributed by atoms with Gasteiger partial charge in [0.2, 0.25) is 88.6 Å². The maximum absolute atomic E-state index is 15.5. The van der Waals surface area contributed by atoms with E-state index in [2.05, 4.69) is 89.4 Å². The smallest absolute Gasteiger partial charge is 0.322 e. The van der Waals surface area contributed by atoms with Crippen LogP contribution in [-0.4, -0.2) is 293 Å². The van der Waals surface area contributed by atoms with Gasteiger partial charge < -0.3 is 151 Å². The van der Waals surface area contributed by atoms with Crippen molar-refractivity contribution < 1.29 is 92.0 Å². The van der Waals surface area contributed by atoms with Crippen molar-refractivity contribution in [3.63, 3.8) is 0 Å². The lowest BCUT2D eigenvalue weighted by Crippen LogP contribution is -2.62. The van der Waals surface area contributed by atoms with E-state index in [-0.39, 0.29) is 191 Å². The van der Waals surface area contributed by atoms with Gasteiger partial charge in [-0.15, -0.1) is 0 Å². The number of amides is 15. The molecule has 2 aliphatic heterocycles. The number of fused-ring (bicyclic) bond motifs is 2. The van der Waals surface area contributed by atoms with Crippen molar-refractivity contribution in [3.8, 4) is 5.75 Å². The van der Waals surface area contributed by atoms with Crippen LogP contribution in [0.25, 0.3) is 10.9 Å². The molecule has 2 aliphatic rings. The lowest BCUT2D eigenvalue weighted by atomic mass is 9.99. The summed E-state index contributed by atoms with van der Waals surface area (Å²) in [5, 5.41) is 69.6. The topological polar surface area (TPSA) is 780 Å². The van der Waals surface area contributed by atoms with E-state index in [1.54, 1.807) is 74.6 Å². The van der Waals surface area contributed by atoms with Crippen LogP contribution >= 0.6 is 21.6 Å². The molecule has 2 fully saturated rings. The molecule has 0 spiro atoms. The summed E-state index contributed by atoms with van der Waals surface area (Å²) in [7, 11) is 1.75. The van der Waals surface area contributed by atoms with Gasteiger partial charge in [-0.25, -0.2) is 0 Å². The summed E-state index contributed by atoms with van der Waals surface area (Å²) in [4.78, 5) is 248. The zero-order valence-electron chi connectivity index (χ0n) is 78.4. The number of aromatic hydroxyl groups is 1. The summed E-state index contributed by atoms with van der Waals surface area (Å²) in [5.41, 5.74) is 54.5. The van der Waals surface area contributed by atoms with E-state index in [1.807, 2.05) is 0 Å². The second kappa shape index (κ2) is 61.0. The van der Waals surface area contributed by atoms with E-state index < -0.39 is 204 Å². The van der Waals surface area contributed by atoms with E-state index in [4.69, 9.17) is 51.6 Å². The zero-order valence-corrected chi connectivity index (χ0v) is 80.0. The number of rotatable bonds is 38. The van der Waals surface area contributed by atoms with Crippen molar-refractivity contribution in [1.29, 1.82) is 0 Å². The van der Waals surface area contributed by atoms with Crippen LogP contribution < -0.4 is 126 Å². The van der Waals surface area contributed by atoms with Gasteiger partial charge in [-0.3, -0.25) is 86.7 Å². The fourth-order valence-corrected chi connectivity index (χ4v) is 17.8. The number of carbonyl (C=O) groups excluding carboxylic acids is 15. The Morgan fingerprint density at radius 2 is 0.877 bits per heavy atom. The van der Waals surface area contributed by atoms with Crippen LogP contribution in [-0.2, 0) is 96.0 Å². The largest absolute Gasteiger partial charge is 0.508 e. The number of carboxylic acids is 1. The molecular formula is C90H141N27O19S2. The SMILES string of the molecule is CC(C)C[C@@H]1NC(=O)[C@@H](CCCN=C(N)N)NC(=O)[C@H](CCCN=C(N)N)NC(=O)[C@@H](Cc2ccccc2)NC(=O)[C@H]([C@@H](C)O)NC(=O)[C@H]2CCCN2C(=O)[C@H](CCCCN)NC(=O)[C@@H](NC(=O)CN)CSSC[C@H](C(=O)NCC(=O)O)NC(=O)[C@@H](CCCCN)NC(=O)[C@H](Cc2ccc(O)cc2)NC(=O)[C@@H](CCCCN)NC(=O)[C@H](Cc2c[nH]c3ccccc23)NC(=O)[C@@H](CCCCN)NC1=O. The number of hydrogen-bond acceptors (Lipinski definition) is 27. The molecule has 0 unspecified atom stereocenters. The number of aliphatic carboxylic acids is 1. The molecule has 15 amide bonds. The number of aromatic nitrogens is 1. The summed E-state index contributed by atoms with van der Waals surface area (Å²) in [6, 6.07) is -0.797. The van der Waals surface area contributed by atoms with Gasteiger partial charge in [0.15, 0.2) is 11.9 Å². The first-order chi connectivity index (χ1) is 66.0. The number of guanidine groups is 2. The number of phenols is 1. The lowest BCUT2D eigenvalue weighted by Gasteiger charge is -2.31. The first-order valence-electron chi connectivity index (χ1n) is 46.6. The number of unbranched alkanes of at least 4 members (excludes halogenated alkanes) is 4. The highest BCUT2D eigenvalue weighted by Crippen LogP contribution is 2.27. The number of para-hydroxylation sites is 1. The number of H-pyrrole nitrogens is 1. The Balaban J connectivity index is 1.52. The van der Waals surface area contributed by atoms with Crippen molar-refractivity contribution in [3.05, 3.63) is 102 Å². The lowest BCUT2D eigenvalue weighted by molar-refractivity contribution is -0.143. The molecule has 36 N–H and O–H groups in total. The molecular weight excluding hydrogens is 1830 g/mol. The van der Waals surface area contributed by atoms with Crippen LogP contribution in [0.3, 0.4) is 0 Å². The molecule has 0 radical (unpaired) electrons. The highest BCUT2D eigenvalue weighted by atomic mass is 33.1. The first kappa shape index (κ1) is 114. The Morgan fingerprint density at radius 1 is 0.464 bits per heavy atom. The highest BCUT2D eigenvalue weighted by Gasteiger charge is 2.43. The molecule has 138 heavy (non-hydrogen) atoms. The first-order valence-corrected chi connectivity index (χ1v) is 49.1. The van der Waals surface area contributed by atoms with E-state index in [1.165, 1.54) is 36.1 Å². The number of nitrogens with one attached hydrogen (secondary N) is 15. The quantitative estimate of drug-likeness (QED) is 0.00863. The third kappa shape index (κ3) is 39.9. The number of hydrogen-bond donors (Lipinski definition) is 27. The fourth-order valence-electron chi connectivity index (χ4n) is 15.4. The summed E-state index contributed by atoms with van der Waals surface area (Å²) in [6.45, 7) is 3.49. The maximum Gasteiger partial charge on any atom is 0.322 e. The minimum Gasteiger partial charge on any atom is -0.508 e. The number of aliphatic hydroxyl groups excluding tert-OH is 1. The number of aromatic amines is 1. The number of nitrogens with zero attached hydrogens (tertiary/aromatic N) is 3. The van der Waals surface area contributed by atoms with Gasteiger partial charge in [-0.1, -0.05) is 96.1 Å². The Morgan fingerprint density at radius 3 is 1.35 bits per heavy atom. The van der Waals surface area contributed by atoms with Gasteiger partial charge >= 0.3 is 5.97 Å². The molecule has 46 nitrogen and oxygen atoms in total. The minimum atomic E-state index is -1.85. The van der Waals surface area contributed by atoms with Crippen LogP contribution in [0.1, 0.15) is 159 Å². The highest BCUT2D eigenvalue weighted by molar-refractivity contribution is 8.76. The summed E-state index contributed by atoms with van der Waals surface area (Å²) < 4.78 is 0. The monoisotopic (exact) mass is 1970 g/mol. The number of aliphatic hydroxyl groups is 1. The zero-order chi connectivity index (χ0) is 101. The molecule has 762 valence electrons. The van der Waals surface area contributed by atoms with E-state index in [0.717, 1.165) is 21.6 Å². The number of carboxylic acid groups (broad SMARTS) is 1. The molecule has 0 bridgehead atoms. The fraction of sp³-hybridized carbons (Fsp3) is 0.578. The Hall–Kier alpha value is -12.5. The summed E-state index contributed by atoms with van der Waals surface area (Å²) in [6.07, 6.45) is 0.476. The Kier molecular flexibility index (Phi) is 50.5. The second-order valence-corrected chi connectivity index (χ2v) is 36.9. The Bertz CT molecular complexity index is 4720. The molecule has 4 aromatic rings. The van der Waals surface area contributed by atoms with Crippen LogP contribution in [0.5, 0.6) is 5.75 Å². The number of aliphatic imine (C=N–C) groups is 2. The molecule has 3 heterocycles. The van der Waals surface area contributed by atoms with E-state index >= 15 is 43.2 Å². The van der Waals surface area contributed by atoms with Crippen molar-refractivity contribution in [2.24, 2.45) is 67.5 Å². The predicted molar refractivity (Wildman–Crippen MR) is 521 cm³/mol. The molecule has 3 aromatic carbocycles. The van der Waals surface area contributed by atoms with Gasteiger partial charge in [0, 0.05) is 67.5 Å². The molecule has 0 aliphatic carbocycles. The number of carbonyl (C=O) groups is 16. The van der Waals surface area contributed by atoms with Gasteiger partial charge in [0.05, 0.1) is 12.6 Å². The minimum absolute atomic E-state index is 0.00323. The van der Waals surface area contributed by atoms with Crippen molar-refractivity contribution >= 4 is 139 Å². The standard InChI is InChI=1S/C90H141N27O19S2/c1-51(2)42-65-81(129)106-60(25-10-14-36-92)78(126)113-68(45-55-47-102-58-23-8-7-22-57(55)58)84(132)108-59(24-9-13-35-91)77(125)112-66(44-54-31-33-56(119)34-32-54)82(130)107-61(26-11-15-37-93)80(128)115-69(75(123)103-48-73(121)122)49-137-138-50-70(104-72(120)46-95)85(133)110-64(27-12-16-38-94)88(136)117-41-19-30-71(117)86(134)116-74(52(3)118)87(135)114-67(43-53-20-5-4-6-21-53)83(131)109-62(28-17-39-100-89(96)97)76(124)105-63(79(127)111-65)29-18-40-101-90(98)99/h4-8,20-23,31-34,47,51-52,59-71,74,102,118-119H,9-19,24-30,35-46,48-50,91-95H2,1-3H3,(H,103,123)(H,104,120)(H,105,124)(H,106,129)(H,107,130)(H,108,132)(H,109,131)(H,110,133)(H,111,127)(H,112,125)(H,113,126)(H,114,135)(H,115,128)(H,116,134)(H,121,122)(H4,96,97,100)(H4,98,99,101)/t52-,59-,60-,61-,62+,63-,64+,65+,66+,67-,68+,69-,70+,71-,74+/m1/s1. The molecule has 6 rings (SSSR count). The summed E-state index contributed by atoms with van der Waals surface area (Å²) >= 11 is 0. The molecule has 48 heteroatoms. The molecule has 1 aromatic heterocycles. The van der Waals surface area contributed by atoms with Crippen LogP contribution in [0.2, 0.25) is 0 Å². The normalized spacial score (nSPS) is 23.3. The van der Waals surface area contributed by atoms with Crippen LogP contribution in [0, 0.1) is 5.92 Å². The van der Waals surface area contributed by atoms with Crippen molar-refractivity contribution in [1.82, 2.24) is 84.3 Å².